The molecule has 196 valence electrons. The van der Waals surface area contributed by atoms with Crippen LogP contribution in [0.25, 0.3) is 22.3 Å². The Morgan fingerprint density at radius 1 is 0.333 bits per heavy atom. The molecule has 0 N–H and O–H groups in total. The van der Waals surface area contributed by atoms with Gasteiger partial charge in [0.2, 0.25) is 0 Å². The Labute approximate surface area is 243 Å². The minimum atomic E-state index is -0.657. The third kappa shape index (κ3) is 2.53. The van der Waals surface area contributed by atoms with Gasteiger partial charge in [-0.1, -0.05) is 121 Å². The van der Waals surface area contributed by atoms with Crippen LogP contribution in [0, 0.1) is 0 Å². The molecule has 0 heterocycles. The van der Waals surface area contributed by atoms with Crippen molar-refractivity contribution in [3.8, 4) is 22.3 Å². The van der Waals surface area contributed by atoms with Crippen LogP contribution in [0.1, 0.15) is 65.2 Å². The van der Waals surface area contributed by atoms with Gasteiger partial charge < -0.3 is 0 Å². The largest absolute Gasteiger partial charge is 0.298 e. The lowest BCUT2D eigenvalue weighted by Gasteiger charge is -2.49. The van der Waals surface area contributed by atoms with E-state index in [-0.39, 0.29) is 0 Å². The molecule has 3 aliphatic carbocycles. The summed E-state index contributed by atoms with van der Waals surface area (Å²) in [6.45, 7) is 0. The topological polar surface area (TPSA) is 34.1 Å². The van der Waals surface area contributed by atoms with Crippen molar-refractivity contribution >= 4 is 12.6 Å². The number of aldehydes is 2. The first kappa shape index (κ1) is 23.4. The van der Waals surface area contributed by atoms with E-state index in [0.717, 1.165) is 34.8 Å². The smallest absolute Gasteiger partial charge is 0.150 e. The van der Waals surface area contributed by atoms with E-state index < -0.39 is 10.8 Å². The molecule has 0 amide bonds. The Morgan fingerprint density at radius 2 is 0.643 bits per heavy atom. The van der Waals surface area contributed by atoms with Gasteiger partial charge in [0, 0.05) is 11.1 Å². The van der Waals surface area contributed by atoms with Crippen LogP contribution in [0.3, 0.4) is 0 Å². The van der Waals surface area contributed by atoms with Crippen molar-refractivity contribution in [3.05, 3.63) is 189 Å². The normalized spacial score (nSPS) is 15.2. The first-order valence-corrected chi connectivity index (χ1v) is 14.3. The highest BCUT2D eigenvalue weighted by atomic mass is 16.1. The molecule has 0 unspecified atom stereocenters. The number of carbonyl (C=O) groups excluding carboxylic acids is 2. The second kappa shape index (κ2) is 8.11. The lowest BCUT2D eigenvalue weighted by atomic mass is 9.52. The lowest BCUT2D eigenvalue weighted by molar-refractivity contribution is 0.111. The van der Waals surface area contributed by atoms with E-state index in [9.17, 15) is 9.59 Å². The van der Waals surface area contributed by atoms with E-state index in [2.05, 4.69) is 121 Å². The van der Waals surface area contributed by atoms with Crippen molar-refractivity contribution in [3.63, 3.8) is 0 Å². The van der Waals surface area contributed by atoms with Crippen LogP contribution >= 0.6 is 0 Å². The van der Waals surface area contributed by atoms with Crippen molar-refractivity contribution in [1.29, 1.82) is 0 Å². The summed E-state index contributed by atoms with van der Waals surface area (Å²) >= 11 is 0. The second-order valence-electron chi connectivity index (χ2n) is 11.5. The number of hydrogen-bond acceptors (Lipinski definition) is 2. The van der Waals surface area contributed by atoms with E-state index in [0.29, 0.717) is 11.1 Å². The highest BCUT2D eigenvalue weighted by Gasteiger charge is 2.59. The van der Waals surface area contributed by atoms with Crippen LogP contribution in [0.15, 0.2) is 133 Å². The summed E-state index contributed by atoms with van der Waals surface area (Å²) in [6.07, 6.45) is 1.91. The molecule has 0 bridgehead atoms. The van der Waals surface area contributed by atoms with E-state index in [1.165, 1.54) is 44.5 Å². The predicted molar refractivity (Wildman–Crippen MR) is 165 cm³/mol. The van der Waals surface area contributed by atoms with Crippen molar-refractivity contribution in [1.82, 2.24) is 0 Å². The third-order valence-corrected chi connectivity index (χ3v) is 9.88. The number of benzene rings is 6. The molecule has 0 atom stereocenters. The molecule has 0 fully saturated rings. The van der Waals surface area contributed by atoms with Gasteiger partial charge in [-0.3, -0.25) is 9.59 Å². The molecule has 0 aromatic heterocycles. The SMILES string of the molecule is O=Cc1ccc2c(c1)C1(c3ccccc3-c3ccccc31)c1ccc(C=O)cc1C21c2ccccc2-c2ccccc21. The molecular weight excluding hydrogens is 512 g/mol. The van der Waals surface area contributed by atoms with Crippen molar-refractivity contribution in [2.45, 2.75) is 10.8 Å². The zero-order valence-corrected chi connectivity index (χ0v) is 22.7. The van der Waals surface area contributed by atoms with E-state index in [4.69, 9.17) is 0 Å². The predicted octanol–water partition coefficient (Wildman–Crippen LogP) is 8.35. The first-order valence-electron chi connectivity index (χ1n) is 14.3. The summed E-state index contributed by atoms with van der Waals surface area (Å²) in [4.78, 5) is 24.8. The van der Waals surface area contributed by atoms with E-state index in [1.54, 1.807) is 0 Å². The summed E-state index contributed by atoms with van der Waals surface area (Å²) in [5, 5.41) is 0. The maximum Gasteiger partial charge on any atom is 0.150 e. The van der Waals surface area contributed by atoms with Crippen molar-refractivity contribution < 1.29 is 9.59 Å². The van der Waals surface area contributed by atoms with Gasteiger partial charge in [-0.2, -0.15) is 0 Å². The first-order chi connectivity index (χ1) is 20.7. The average molecular weight is 537 g/mol. The van der Waals surface area contributed by atoms with Crippen LogP contribution < -0.4 is 0 Å². The molecule has 9 rings (SSSR count). The van der Waals surface area contributed by atoms with E-state index in [1.807, 2.05) is 12.1 Å². The van der Waals surface area contributed by atoms with Crippen molar-refractivity contribution in [2.75, 3.05) is 0 Å². The number of hydrogen-bond donors (Lipinski definition) is 0. The van der Waals surface area contributed by atoms with Crippen LogP contribution in [-0.2, 0) is 10.8 Å². The number of fused-ring (bicyclic) bond motifs is 16. The Balaban J connectivity index is 1.56. The molecule has 3 aliphatic rings. The molecule has 2 heteroatoms. The molecule has 2 nitrogen and oxygen atoms in total. The zero-order chi connectivity index (χ0) is 28.1. The minimum Gasteiger partial charge on any atom is -0.298 e. The van der Waals surface area contributed by atoms with Crippen LogP contribution in [0.5, 0.6) is 0 Å². The molecule has 0 saturated carbocycles. The zero-order valence-electron chi connectivity index (χ0n) is 22.7. The van der Waals surface area contributed by atoms with Gasteiger partial charge in [0.05, 0.1) is 10.8 Å². The summed E-state index contributed by atoms with van der Waals surface area (Å²) in [7, 11) is 0. The second-order valence-corrected chi connectivity index (χ2v) is 11.5. The molecule has 6 aromatic carbocycles. The number of rotatable bonds is 2. The lowest BCUT2D eigenvalue weighted by Crippen LogP contribution is -2.44. The van der Waals surface area contributed by atoms with E-state index >= 15 is 0 Å². The van der Waals surface area contributed by atoms with Gasteiger partial charge in [0.15, 0.2) is 0 Å². The monoisotopic (exact) mass is 536 g/mol. The Bertz CT molecular complexity index is 1900. The molecule has 6 aromatic rings. The van der Waals surface area contributed by atoms with Crippen LogP contribution in [-0.4, -0.2) is 12.6 Å². The summed E-state index contributed by atoms with van der Waals surface area (Å²) in [5.41, 5.74) is 14.1. The number of carbonyl (C=O) groups is 2. The highest BCUT2D eigenvalue weighted by Crippen LogP contribution is 2.67. The van der Waals surface area contributed by atoms with Crippen LogP contribution in [0.4, 0.5) is 0 Å². The van der Waals surface area contributed by atoms with Gasteiger partial charge in [0.1, 0.15) is 12.6 Å². The summed E-state index contributed by atoms with van der Waals surface area (Å²) < 4.78 is 0. The van der Waals surface area contributed by atoms with Gasteiger partial charge >= 0.3 is 0 Å². The summed E-state index contributed by atoms with van der Waals surface area (Å²) in [5.74, 6) is 0. The molecule has 42 heavy (non-hydrogen) atoms. The van der Waals surface area contributed by atoms with Crippen molar-refractivity contribution in [2.24, 2.45) is 0 Å². The fraction of sp³-hybridized carbons (Fsp3) is 0.0500. The van der Waals surface area contributed by atoms with Gasteiger partial charge in [-0.05, 0) is 78.9 Å². The molecule has 0 radical (unpaired) electrons. The van der Waals surface area contributed by atoms with Gasteiger partial charge in [0.25, 0.3) is 0 Å². The molecule has 2 spiro atoms. The standard InChI is InChI=1S/C40H24O2/c41-23-25-18-20-36-37(21-25)39(31-13-5-1-9-27(31)28-10-2-6-14-32(28)39)35-19-17-26(24-42)22-38(35)40(36)33-15-7-3-11-29(33)30-12-4-8-16-34(30)40/h1-24H. The Morgan fingerprint density at radius 3 is 0.952 bits per heavy atom. The molecular formula is C40H24O2. The van der Waals surface area contributed by atoms with Gasteiger partial charge in [-0.15, -0.1) is 0 Å². The molecule has 0 aliphatic heterocycles. The third-order valence-electron chi connectivity index (χ3n) is 9.88. The maximum atomic E-state index is 12.4. The maximum absolute atomic E-state index is 12.4. The Kier molecular flexibility index (Phi) is 4.52. The fourth-order valence-electron chi connectivity index (χ4n) is 8.47. The quantitative estimate of drug-likeness (QED) is 0.208. The fourth-order valence-corrected chi connectivity index (χ4v) is 8.47. The summed E-state index contributed by atoms with van der Waals surface area (Å²) in [6, 6.07) is 47.1. The molecule has 0 saturated heterocycles. The minimum absolute atomic E-state index is 0.651. The van der Waals surface area contributed by atoms with Crippen LogP contribution in [0.2, 0.25) is 0 Å². The average Bonchev–Trinajstić information content (AvgIpc) is 3.52. The van der Waals surface area contributed by atoms with Gasteiger partial charge in [-0.25, -0.2) is 0 Å². The highest BCUT2D eigenvalue weighted by molar-refractivity contribution is 5.95. The Hall–Kier alpha value is -5.34.